The molecule has 41 heavy (non-hydrogen) atoms. The van der Waals surface area contributed by atoms with Gasteiger partial charge in [-0.1, -0.05) is 17.3 Å². The Labute approximate surface area is 233 Å². The average Bonchev–Trinajstić information content (AvgIpc) is 3.63. The van der Waals surface area contributed by atoms with Crippen LogP contribution in [0.1, 0.15) is 66.1 Å². The molecule has 2 aliphatic heterocycles. The smallest absolute Gasteiger partial charge is 0.478 e. The summed E-state index contributed by atoms with van der Waals surface area (Å²) in [5.41, 5.74) is 1.74. The van der Waals surface area contributed by atoms with Crippen LogP contribution in [0.3, 0.4) is 0 Å². The highest BCUT2D eigenvalue weighted by Gasteiger charge is 2.44. The quantitative estimate of drug-likeness (QED) is 0.315. The molecule has 1 aliphatic carbocycles. The Morgan fingerprint density at radius 1 is 1.02 bits per heavy atom. The summed E-state index contributed by atoms with van der Waals surface area (Å²) in [6.07, 6.45) is -0.254. The van der Waals surface area contributed by atoms with Crippen LogP contribution in [0.5, 0.6) is 5.75 Å². The third-order valence-electron chi connectivity index (χ3n) is 7.91. The molecule has 2 unspecified atom stereocenters. The van der Waals surface area contributed by atoms with Gasteiger partial charge in [0.05, 0.1) is 18.3 Å². The number of carbonyl (C=O) groups excluding carboxylic acids is 1. The number of rotatable bonds is 8. The molecule has 2 aromatic carbocycles. The highest BCUT2D eigenvalue weighted by Crippen LogP contribution is 2.46. The second-order valence-corrected chi connectivity index (χ2v) is 10.7. The molecular weight excluding hydrogens is 543 g/mol. The van der Waals surface area contributed by atoms with Gasteiger partial charge in [0.15, 0.2) is 0 Å². The maximum atomic E-state index is 13.1. The fourth-order valence-corrected chi connectivity index (χ4v) is 5.90. The van der Waals surface area contributed by atoms with Crippen LogP contribution in [0.25, 0.3) is 11.3 Å². The second kappa shape index (κ2) is 10.7. The number of carboxylic acid groups (broad SMARTS) is 1. The van der Waals surface area contributed by atoms with Gasteiger partial charge in [0.25, 0.3) is 0 Å². The molecule has 1 aromatic heterocycles. The van der Waals surface area contributed by atoms with Crippen molar-refractivity contribution in [1.82, 2.24) is 10.1 Å². The molecule has 3 aliphatic rings. The molecule has 2 saturated heterocycles. The van der Waals surface area contributed by atoms with Gasteiger partial charge < -0.3 is 29.3 Å². The molecule has 1 saturated carbocycles. The third kappa shape index (κ3) is 5.88. The Kier molecular flexibility index (Phi) is 7.10. The molecule has 2 atom stereocenters. The highest BCUT2D eigenvalue weighted by molar-refractivity contribution is 5.92. The van der Waals surface area contributed by atoms with E-state index in [1.165, 1.54) is 30.3 Å². The van der Waals surface area contributed by atoms with E-state index < -0.39 is 12.3 Å². The number of aromatic nitrogens is 1. The third-order valence-corrected chi connectivity index (χ3v) is 7.91. The Morgan fingerprint density at radius 2 is 1.71 bits per heavy atom. The molecule has 3 aromatic rings. The maximum Gasteiger partial charge on any atom is 0.573 e. The summed E-state index contributed by atoms with van der Waals surface area (Å²) in [5.74, 6) is -0.594. The predicted molar refractivity (Wildman–Crippen MR) is 139 cm³/mol. The number of hydrogen-bond acceptors (Lipinski definition) is 6. The van der Waals surface area contributed by atoms with Gasteiger partial charge in [0, 0.05) is 34.8 Å². The minimum Gasteiger partial charge on any atom is -0.478 e. The van der Waals surface area contributed by atoms with Crippen LogP contribution in [0.15, 0.2) is 53.1 Å². The largest absolute Gasteiger partial charge is 0.573 e. The summed E-state index contributed by atoms with van der Waals surface area (Å²) in [6.45, 7) is 0.122. The fourth-order valence-electron chi connectivity index (χ4n) is 5.90. The minimum atomic E-state index is -4.85. The number of nitrogens with zero attached hydrogens (tertiary/aromatic N) is 2. The van der Waals surface area contributed by atoms with E-state index in [9.17, 15) is 22.8 Å². The number of benzene rings is 2. The average molecular weight is 572 g/mol. The van der Waals surface area contributed by atoms with Crippen molar-refractivity contribution in [2.45, 2.75) is 75.6 Å². The van der Waals surface area contributed by atoms with Gasteiger partial charge in [-0.15, -0.1) is 13.2 Å². The van der Waals surface area contributed by atoms with E-state index in [1.807, 2.05) is 4.90 Å². The van der Waals surface area contributed by atoms with Gasteiger partial charge in [-0.25, -0.2) is 9.59 Å². The summed E-state index contributed by atoms with van der Waals surface area (Å²) >= 11 is 0. The molecule has 0 radical (unpaired) electrons. The normalized spacial score (nSPS) is 22.0. The molecular formula is C29H28F3N3O6. The van der Waals surface area contributed by atoms with Crippen LogP contribution in [0.2, 0.25) is 0 Å². The van der Waals surface area contributed by atoms with Crippen LogP contribution >= 0.6 is 0 Å². The number of anilines is 1. The van der Waals surface area contributed by atoms with E-state index in [0.29, 0.717) is 29.9 Å². The number of urea groups is 1. The second-order valence-electron chi connectivity index (χ2n) is 10.7. The molecule has 2 bridgehead atoms. The lowest BCUT2D eigenvalue weighted by Crippen LogP contribution is -2.50. The van der Waals surface area contributed by atoms with Crippen molar-refractivity contribution < 1.29 is 41.9 Å². The Bertz CT molecular complexity index is 1420. The number of amides is 2. The van der Waals surface area contributed by atoms with Crippen molar-refractivity contribution in [3.05, 3.63) is 65.4 Å². The van der Waals surface area contributed by atoms with E-state index in [4.69, 9.17) is 14.4 Å². The number of carbonyl (C=O) groups is 2. The number of aromatic carboxylic acids is 1. The molecule has 3 fully saturated rings. The van der Waals surface area contributed by atoms with Crippen LogP contribution in [-0.2, 0) is 11.3 Å². The first kappa shape index (κ1) is 27.1. The Morgan fingerprint density at radius 3 is 2.34 bits per heavy atom. The van der Waals surface area contributed by atoms with Crippen LogP contribution < -0.4 is 10.1 Å². The fraction of sp³-hybridized carbons (Fsp3) is 0.414. The molecule has 3 heterocycles. The molecule has 216 valence electrons. The summed E-state index contributed by atoms with van der Waals surface area (Å²) in [6, 6.07) is 11.6. The Hall–Kier alpha value is -4.06. The number of alkyl halides is 3. The first-order valence-electron chi connectivity index (χ1n) is 13.5. The maximum absolute atomic E-state index is 13.1. The Balaban J connectivity index is 1.14. The first-order valence-corrected chi connectivity index (χ1v) is 13.5. The lowest BCUT2D eigenvalue weighted by Gasteiger charge is -2.38. The van der Waals surface area contributed by atoms with Gasteiger partial charge in [0.1, 0.15) is 17.2 Å². The van der Waals surface area contributed by atoms with Crippen LogP contribution in [-0.4, -0.2) is 51.7 Å². The van der Waals surface area contributed by atoms with Crippen molar-refractivity contribution in [2.75, 3.05) is 5.32 Å². The van der Waals surface area contributed by atoms with E-state index >= 15 is 0 Å². The summed E-state index contributed by atoms with van der Waals surface area (Å²) in [7, 11) is 0. The van der Waals surface area contributed by atoms with Crippen LogP contribution in [0, 0.1) is 0 Å². The summed E-state index contributed by atoms with van der Waals surface area (Å²) < 4.78 is 55.4. The monoisotopic (exact) mass is 571 g/mol. The topological polar surface area (TPSA) is 114 Å². The lowest BCUT2D eigenvalue weighted by atomic mass is 9.99. The molecule has 12 heteroatoms. The van der Waals surface area contributed by atoms with E-state index in [2.05, 4.69) is 15.2 Å². The van der Waals surface area contributed by atoms with Crippen molar-refractivity contribution in [2.24, 2.45) is 0 Å². The van der Waals surface area contributed by atoms with Crippen molar-refractivity contribution in [3.8, 4) is 17.0 Å². The zero-order valence-corrected chi connectivity index (χ0v) is 21.9. The predicted octanol–water partition coefficient (Wildman–Crippen LogP) is 6.56. The van der Waals surface area contributed by atoms with Crippen molar-refractivity contribution >= 4 is 17.7 Å². The van der Waals surface area contributed by atoms with E-state index in [0.717, 1.165) is 25.7 Å². The van der Waals surface area contributed by atoms with Crippen molar-refractivity contribution in [1.29, 1.82) is 0 Å². The van der Waals surface area contributed by atoms with Gasteiger partial charge >= 0.3 is 18.4 Å². The number of halogens is 3. The van der Waals surface area contributed by atoms with E-state index in [-0.39, 0.29) is 59.3 Å². The minimum absolute atomic E-state index is 0.0252. The van der Waals surface area contributed by atoms with E-state index in [1.54, 1.807) is 18.2 Å². The number of carboxylic acids is 1. The van der Waals surface area contributed by atoms with Crippen LogP contribution in [0.4, 0.5) is 23.7 Å². The van der Waals surface area contributed by atoms with Gasteiger partial charge in [-0.3, -0.25) is 0 Å². The number of nitrogens with one attached hydrogen (secondary N) is 1. The standard InChI is InChI=1S/C29H28F3N3O6/c30-29(31,32)40-24-4-2-1-3-22(24)25-23(26(41-34-25)16-5-6-16)15-39-21-13-19-11-12-20(14-21)35(19)28(38)33-18-9-7-17(8-10-18)27(36)37/h1-4,7-10,16,19-21H,5-6,11-15H2,(H,33,38)(H,36,37). The molecule has 9 nitrogen and oxygen atoms in total. The number of fused-ring (bicyclic) bond motifs is 2. The number of hydrogen-bond donors (Lipinski definition) is 2. The molecule has 2 amide bonds. The summed E-state index contributed by atoms with van der Waals surface area (Å²) in [4.78, 5) is 26.0. The SMILES string of the molecule is O=C(O)c1ccc(NC(=O)N2C3CCC2CC(OCc2c(-c4ccccc4OC(F)(F)F)noc2C2CC2)C3)cc1. The van der Waals surface area contributed by atoms with Gasteiger partial charge in [-0.2, -0.15) is 0 Å². The van der Waals surface area contributed by atoms with Crippen molar-refractivity contribution in [3.63, 3.8) is 0 Å². The molecule has 0 spiro atoms. The number of para-hydroxylation sites is 1. The lowest BCUT2D eigenvalue weighted by molar-refractivity contribution is -0.274. The number of ether oxygens (including phenoxy) is 2. The first-order chi connectivity index (χ1) is 19.7. The van der Waals surface area contributed by atoms with Gasteiger partial charge in [-0.05, 0) is 74.9 Å². The zero-order valence-electron chi connectivity index (χ0n) is 21.9. The zero-order chi connectivity index (χ0) is 28.7. The van der Waals surface area contributed by atoms with Gasteiger partial charge in [0.2, 0.25) is 0 Å². The summed E-state index contributed by atoms with van der Waals surface area (Å²) in [5, 5.41) is 16.1. The molecule has 6 rings (SSSR count). The molecule has 2 N–H and O–H groups in total. The number of piperidine rings is 1. The highest BCUT2D eigenvalue weighted by atomic mass is 19.4.